The molecule has 3 rings (SSSR count). The zero-order valence-electron chi connectivity index (χ0n) is 15.3. The SMILES string of the molecule is Cc1cc(OCCCN2CCCN(C)CC2)nc(-c2ccccc2)n1. The third kappa shape index (κ3) is 5.51. The second-order valence-electron chi connectivity index (χ2n) is 6.74. The van der Waals surface area contributed by atoms with Crippen molar-refractivity contribution in [3.05, 3.63) is 42.1 Å². The number of nitrogens with zero attached hydrogens (tertiary/aromatic N) is 4. The number of rotatable bonds is 6. The average Bonchev–Trinajstić information content (AvgIpc) is 2.83. The summed E-state index contributed by atoms with van der Waals surface area (Å²) in [4.78, 5) is 14.0. The maximum Gasteiger partial charge on any atom is 0.217 e. The Kier molecular flexibility index (Phi) is 6.36. The number of benzene rings is 1. The van der Waals surface area contributed by atoms with Gasteiger partial charge in [0.25, 0.3) is 0 Å². The number of likely N-dealkylation sites (N-methyl/N-ethyl adjacent to an activating group) is 1. The van der Waals surface area contributed by atoms with Crippen molar-refractivity contribution in [1.29, 1.82) is 0 Å². The van der Waals surface area contributed by atoms with Gasteiger partial charge in [0.2, 0.25) is 5.88 Å². The van der Waals surface area contributed by atoms with E-state index in [-0.39, 0.29) is 0 Å². The lowest BCUT2D eigenvalue weighted by molar-refractivity contribution is 0.234. The molecule has 0 atom stereocenters. The first-order chi connectivity index (χ1) is 12.2. The molecule has 1 aliphatic heterocycles. The fourth-order valence-corrected chi connectivity index (χ4v) is 3.12. The number of aromatic nitrogens is 2. The molecular formula is C20H28N4O. The van der Waals surface area contributed by atoms with Gasteiger partial charge in [0.05, 0.1) is 6.61 Å². The number of hydrogen-bond donors (Lipinski definition) is 0. The standard InChI is InChI=1S/C20H28N4O/c1-17-16-19(22-20(21-17)18-8-4-3-5-9-18)25-15-7-12-24-11-6-10-23(2)13-14-24/h3-5,8-9,16H,6-7,10-15H2,1-2H3. The summed E-state index contributed by atoms with van der Waals surface area (Å²) in [6.07, 6.45) is 2.27. The molecule has 0 radical (unpaired) electrons. The molecule has 2 heterocycles. The molecule has 0 N–H and O–H groups in total. The summed E-state index contributed by atoms with van der Waals surface area (Å²) in [6, 6.07) is 12.0. The molecule has 1 aromatic heterocycles. The van der Waals surface area contributed by atoms with Crippen molar-refractivity contribution in [3.8, 4) is 17.3 Å². The van der Waals surface area contributed by atoms with Crippen LogP contribution < -0.4 is 4.74 Å². The molecule has 0 spiro atoms. The van der Waals surface area contributed by atoms with Gasteiger partial charge in [-0.3, -0.25) is 0 Å². The Hall–Kier alpha value is -1.98. The smallest absolute Gasteiger partial charge is 0.217 e. The van der Waals surface area contributed by atoms with Crippen molar-refractivity contribution >= 4 is 0 Å². The van der Waals surface area contributed by atoms with Crippen LogP contribution in [0.1, 0.15) is 18.5 Å². The molecule has 25 heavy (non-hydrogen) atoms. The molecule has 1 fully saturated rings. The summed E-state index contributed by atoms with van der Waals surface area (Å²) < 4.78 is 5.90. The predicted octanol–water partition coefficient (Wildman–Crippen LogP) is 2.86. The van der Waals surface area contributed by atoms with Crippen LogP contribution >= 0.6 is 0 Å². The summed E-state index contributed by atoms with van der Waals surface area (Å²) in [5.74, 6) is 1.40. The third-order valence-electron chi connectivity index (χ3n) is 4.54. The van der Waals surface area contributed by atoms with Crippen molar-refractivity contribution in [2.75, 3.05) is 46.4 Å². The molecule has 5 nitrogen and oxygen atoms in total. The van der Waals surface area contributed by atoms with Crippen molar-refractivity contribution in [2.24, 2.45) is 0 Å². The lowest BCUT2D eigenvalue weighted by Crippen LogP contribution is -2.30. The van der Waals surface area contributed by atoms with Gasteiger partial charge in [-0.15, -0.1) is 0 Å². The van der Waals surface area contributed by atoms with Crippen molar-refractivity contribution in [3.63, 3.8) is 0 Å². The molecule has 1 aliphatic rings. The van der Waals surface area contributed by atoms with E-state index in [0.29, 0.717) is 12.5 Å². The van der Waals surface area contributed by atoms with Gasteiger partial charge < -0.3 is 14.5 Å². The first-order valence-corrected chi connectivity index (χ1v) is 9.15. The van der Waals surface area contributed by atoms with Gasteiger partial charge in [-0.1, -0.05) is 30.3 Å². The molecule has 0 saturated carbocycles. The van der Waals surface area contributed by atoms with Gasteiger partial charge in [-0.05, 0) is 39.9 Å². The summed E-state index contributed by atoms with van der Waals surface area (Å²) in [7, 11) is 2.20. The summed E-state index contributed by atoms with van der Waals surface area (Å²) in [5.41, 5.74) is 1.95. The highest BCUT2D eigenvalue weighted by molar-refractivity contribution is 5.55. The lowest BCUT2D eigenvalue weighted by atomic mass is 10.2. The minimum atomic E-state index is 0.668. The highest BCUT2D eigenvalue weighted by Gasteiger charge is 2.11. The van der Waals surface area contributed by atoms with E-state index in [1.807, 2.05) is 43.3 Å². The van der Waals surface area contributed by atoms with Gasteiger partial charge in [0.1, 0.15) is 0 Å². The Morgan fingerprint density at radius 1 is 1.04 bits per heavy atom. The normalized spacial score (nSPS) is 16.6. The predicted molar refractivity (Wildman–Crippen MR) is 101 cm³/mol. The van der Waals surface area contributed by atoms with Crippen LogP contribution in [0, 0.1) is 6.92 Å². The number of aryl methyl sites for hydroxylation is 1. The summed E-state index contributed by atoms with van der Waals surface area (Å²) in [5, 5.41) is 0. The highest BCUT2D eigenvalue weighted by Crippen LogP contribution is 2.18. The van der Waals surface area contributed by atoms with Crippen LogP contribution in [0.2, 0.25) is 0 Å². The van der Waals surface area contributed by atoms with E-state index in [1.54, 1.807) is 0 Å². The van der Waals surface area contributed by atoms with E-state index in [0.717, 1.165) is 43.1 Å². The van der Waals surface area contributed by atoms with Crippen LogP contribution in [0.4, 0.5) is 0 Å². The van der Waals surface area contributed by atoms with Crippen LogP contribution in [0.5, 0.6) is 5.88 Å². The Morgan fingerprint density at radius 3 is 2.72 bits per heavy atom. The molecule has 0 bridgehead atoms. The zero-order chi connectivity index (χ0) is 17.5. The zero-order valence-corrected chi connectivity index (χ0v) is 15.3. The molecule has 0 amide bonds. The first-order valence-electron chi connectivity index (χ1n) is 9.15. The van der Waals surface area contributed by atoms with Crippen LogP contribution in [-0.4, -0.2) is 66.1 Å². The second-order valence-corrected chi connectivity index (χ2v) is 6.74. The minimum Gasteiger partial charge on any atom is -0.478 e. The number of hydrogen-bond acceptors (Lipinski definition) is 5. The molecule has 0 aliphatic carbocycles. The molecule has 1 aromatic carbocycles. The van der Waals surface area contributed by atoms with E-state index >= 15 is 0 Å². The first kappa shape index (κ1) is 17.8. The van der Waals surface area contributed by atoms with Crippen molar-refractivity contribution < 1.29 is 4.74 Å². The highest BCUT2D eigenvalue weighted by atomic mass is 16.5. The van der Waals surface area contributed by atoms with E-state index in [1.165, 1.54) is 19.5 Å². The van der Waals surface area contributed by atoms with Crippen LogP contribution in [0.25, 0.3) is 11.4 Å². The quantitative estimate of drug-likeness (QED) is 0.757. The Balaban J connectivity index is 1.51. The van der Waals surface area contributed by atoms with E-state index in [9.17, 15) is 0 Å². The van der Waals surface area contributed by atoms with Crippen molar-refractivity contribution in [2.45, 2.75) is 19.8 Å². The minimum absolute atomic E-state index is 0.668. The molecule has 1 saturated heterocycles. The van der Waals surface area contributed by atoms with Crippen LogP contribution in [0.15, 0.2) is 36.4 Å². The molecule has 5 heteroatoms. The monoisotopic (exact) mass is 340 g/mol. The van der Waals surface area contributed by atoms with Gasteiger partial charge in [-0.25, -0.2) is 4.98 Å². The second kappa shape index (κ2) is 8.92. The van der Waals surface area contributed by atoms with E-state index < -0.39 is 0 Å². The Morgan fingerprint density at radius 2 is 1.88 bits per heavy atom. The van der Waals surface area contributed by atoms with Crippen LogP contribution in [0.3, 0.4) is 0 Å². The largest absolute Gasteiger partial charge is 0.478 e. The van der Waals surface area contributed by atoms with Crippen LogP contribution in [-0.2, 0) is 0 Å². The molecule has 134 valence electrons. The van der Waals surface area contributed by atoms with E-state index in [4.69, 9.17) is 4.74 Å². The van der Waals surface area contributed by atoms with Gasteiger partial charge in [0, 0.05) is 37.0 Å². The fraction of sp³-hybridized carbons (Fsp3) is 0.500. The Bertz CT molecular complexity index is 662. The molecular weight excluding hydrogens is 312 g/mol. The molecule has 0 unspecified atom stereocenters. The number of ether oxygens (including phenoxy) is 1. The molecule has 2 aromatic rings. The maximum absolute atomic E-state index is 5.90. The van der Waals surface area contributed by atoms with Gasteiger partial charge in [0.15, 0.2) is 5.82 Å². The topological polar surface area (TPSA) is 41.5 Å². The average molecular weight is 340 g/mol. The summed E-state index contributed by atoms with van der Waals surface area (Å²) in [6.45, 7) is 8.47. The Labute approximate surface area is 150 Å². The summed E-state index contributed by atoms with van der Waals surface area (Å²) >= 11 is 0. The van der Waals surface area contributed by atoms with Gasteiger partial charge in [-0.2, -0.15) is 4.98 Å². The third-order valence-corrected chi connectivity index (χ3v) is 4.54. The maximum atomic E-state index is 5.90. The lowest BCUT2D eigenvalue weighted by Gasteiger charge is -2.19. The van der Waals surface area contributed by atoms with E-state index in [2.05, 4.69) is 26.8 Å². The van der Waals surface area contributed by atoms with Crippen molar-refractivity contribution in [1.82, 2.24) is 19.8 Å². The van der Waals surface area contributed by atoms with Gasteiger partial charge >= 0.3 is 0 Å². The fourth-order valence-electron chi connectivity index (χ4n) is 3.12.